The fourth-order valence-electron chi connectivity index (χ4n) is 2.66. The van der Waals surface area contributed by atoms with Crippen molar-refractivity contribution in [2.45, 2.75) is 19.8 Å². The highest BCUT2D eigenvalue weighted by Crippen LogP contribution is 2.35. The Balaban J connectivity index is 2.05. The van der Waals surface area contributed by atoms with Crippen molar-refractivity contribution in [3.63, 3.8) is 0 Å². The summed E-state index contributed by atoms with van der Waals surface area (Å²) in [4.78, 5) is 0. The van der Waals surface area contributed by atoms with Crippen LogP contribution in [-0.2, 0) is 6.42 Å². The predicted molar refractivity (Wildman–Crippen MR) is 77.4 cm³/mol. The monoisotopic (exact) mass is 233 g/mol. The maximum absolute atomic E-state index is 2.25. The third kappa shape index (κ3) is 1.88. The van der Waals surface area contributed by atoms with Gasteiger partial charge in [-0.1, -0.05) is 74.0 Å². The highest BCUT2D eigenvalue weighted by atomic mass is 14.2. The molecule has 0 aliphatic heterocycles. The highest BCUT2D eigenvalue weighted by Gasteiger charge is 2.21. The molecule has 18 heavy (non-hydrogen) atoms. The fraction of sp³-hybridized carbons (Fsp3) is 0.167. The van der Waals surface area contributed by atoms with Gasteiger partial charge in [-0.3, -0.25) is 0 Å². The largest absolute Gasteiger partial charge is 0.0674 e. The van der Waals surface area contributed by atoms with Crippen molar-refractivity contribution in [1.82, 2.24) is 0 Å². The van der Waals surface area contributed by atoms with Crippen LogP contribution >= 0.6 is 0 Å². The predicted octanol–water partition coefficient (Wildman–Crippen LogP) is 4.64. The average molecular weight is 233 g/mol. The Morgan fingerprint density at radius 1 is 0.778 bits per heavy atom. The van der Waals surface area contributed by atoms with E-state index in [2.05, 4.69) is 67.6 Å². The Kier molecular flexibility index (Phi) is 3.02. The molecule has 0 aromatic heterocycles. The van der Waals surface area contributed by atoms with Crippen LogP contribution in [0.3, 0.4) is 0 Å². The van der Waals surface area contributed by atoms with Crippen molar-refractivity contribution < 1.29 is 0 Å². The van der Waals surface area contributed by atoms with E-state index in [-0.39, 0.29) is 0 Å². The number of hydrogen-bond donors (Lipinski definition) is 0. The van der Waals surface area contributed by atoms with Crippen molar-refractivity contribution in [1.29, 1.82) is 0 Å². The lowest BCUT2D eigenvalue weighted by Gasteiger charge is -2.15. The van der Waals surface area contributed by atoms with Crippen LogP contribution in [0.4, 0.5) is 0 Å². The van der Waals surface area contributed by atoms with E-state index in [1.165, 1.54) is 34.6 Å². The van der Waals surface area contributed by atoms with Crippen molar-refractivity contribution in [2.24, 2.45) is 0 Å². The molecule has 0 nitrogen and oxygen atoms in total. The van der Waals surface area contributed by atoms with Crippen LogP contribution in [0.1, 0.15) is 35.6 Å². The van der Waals surface area contributed by atoms with Crippen molar-refractivity contribution in [3.8, 4) is 0 Å². The third-order valence-corrected chi connectivity index (χ3v) is 3.51. The minimum Gasteiger partial charge on any atom is -0.0674 e. The summed E-state index contributed by atoms with van der Waals surface area (Å²) in [5.74, 6) is 1.37. The van der Waals surface area contributed by atoms with Crippen LogP contribution in [0, 0.1) is 5.92 Å². The second-order valence-corrected chi connectivity index (χ2v) is 4.74. The van der Waals surface area contributed by atoms with Gasteiger partial charge in [-0.25, -0.2) is 0 Å². The lowest BCUT2D eigenvalue weighted by atomic mass is 9.88. The molecule has 1 radical (unpaired) electrons. The zero-order valence-electron chi connectivity index (χ0n) is 10.7. The zero-order chi connectivity index (χ0) is 12.4. The van der Waals surface area contributed by atoms with Gasteiger partial charge in [0.15, 0.2) is 0 Å². The lowest BCUT2D eigenvalue weighted by Crippen LogP contribution is -2.01. The SMILES string of the molecule is CCCc1ccccc1[C]1C=Cc2ccccc21. The summed E-state index contributed by atoms with van der Waals surface area (Å²) >= 11 is 0. The first kappa shape index (κ1) is 11.3. The maximum Gasteiger partial charge on any atom is 0.0566 e. The van der Waals surface area contributed by atoms with E-state index in [1.54, 1.807) is 0 Å². The topological polar surface area (TPSA) is 0 Å². The molecule has 0 spiro atoms. The molecule has 0 heteroatoms. The first-order valence-corrected chi connectivity index (χ1v) is 6.63. The van der Waals surface area contributed by atoms with Gasteiger partial charge in [0.2, 0.25) is 0 Å². The molecule has 2 aromatic rings. The minimum atomic E-state index is 1.15. The standard InChI is InChI=1S/C18H17/c1-2-7-14-8-3-5-10-16(14)18-13-12-15-9-4-6-11-17(15)18/h3-6,8-13H,2,7H2,1H3. The lowest BCUT2D eigenvalue weighted by molar-refractivity contribution is 0.911. The Hall–Kier alpha value is -1.82. The zero-order valence-corrected chi connectivity index (χ0v) is 10.7. The van der Waals surface area contributed by atoms with E-state index in [0.717, 1.165) is 6.42 Å². The molecule has 0 bridgehead atoms. The summed E-state index contributed by atoms with van der Waals surface area (Å²) in [5, 5.41) is 0. The van der Waals surface area contributed by atoms with Crippen molar-refractivity contribution in [3.05, 3.63) is 82.8 Å². The number of allylic oxidation sites excluding steroid dienone is 1. The first-order valence-electron chi connectivity index (χ1n) is 6.63. The molecule has 1 aliphatic carbocycles. The van der Waals surface area contributed by atoms with E-state index in [0.29, 0.717) is 0 Å². The fourth-order valence-corrected chi connectivity index (χ4v) is 2.66. The van der Waals surface area contributed by atoms with Gasteiger partial charge in [0, 0.05) is 0 Å². The summed E-state index contributed by atoms with van der Waals surface area (Å²) < 4.78 is 0. The van der Waals surface area contributed by atoms with E-state index < -0.39 is 0 Å². The Bertz CT molecular complexity index is 578. The molecule has 0 heterocycles. The molecule has 0 amide bonds. The van der Waals surface area contributed by atoms with Gasteiger partial charge in [0.25, 0.3) is 0 Å². The Labute approximate surface area is 109 Å². The molecule has 1 aliphatic rings. The van der Waals surface area contributed by atoms with Gasteiger partial charge in [-0.05, 0) is 28.7 Å². The molecule has 3 rings (SSSR count). The summed E-state index contributed by atoms with van der Waals surface area (Å²) in [6, 6.07) is 17.4. The number of aryl methyl sites for hydroxylation is 1. The van der Waals surface area contributed by atoms with Gasteiger partial charge < -0.3 is 0 Å². The smallest absolute Gasteiger partial charge is 0.0566 e. The molecule has 0 N–H and O–H groups in total. The van der Waals surface area contributed by atoms with E-state index in [4.69, 9.17) is 0 Å². The van der Waals surface area contributed by atoms with E-state index in [9.17, 15) is 0 Å². The van der Waals surface area contributed by atoms with Crippen LogP contribution in [0.2, 0.25) is 0 Å². The number of benzene rings is 2. The molecule has 0 unspecified atom stereocenters. The van der Waals surface area contributed by atoms with Crippen molar-refractivity contribution in [2.75, 3.05) is 0 Å². The number of fused-ring (bicyclic) bond motifs is 1. The van der Waals surface area contributed by atoms with Crippen LogP contribution < -0.4 is 0 Å². The molecular formula is C18H17. The van der Waals surface area contributed by atoms with Gasteiger partial charge >= 0.3 is 0 Å². The molecule has 0 saturated heterocycles. The summed E-state index contributed by atoms with van der Waals surface area (Å²) in [7, 11) is 0. The molecule has 0 fully saturated rings. The summed E-state index contributed by atoms with van der Waals surface area (Å²) in [6.45, 7) is 2.24. The van der Waals surface area contributed by atoms with Gasteiger partial charge in [-0.2, -0.15) is 0 Å². The normalized spacial score (nSPS) is 13.8. The van der Waals surface area contributed by atoms with Crippen LogP contribution in [0.15, 0.2) is 54.6 Å². The number of hydrogen-bond acceptors (Lipinski definition) is 0. The minimum absolute atomic E-state index is 1.15. The summed E-state index contributed by atoms with van der Waals surface area (Å²) in [5.41, 5.74) is 5.54. The highest BCUT2D eigenvalue weighted by molar-refractivity contribution is 5.73. The van der Waals surface area contributed by atoms with Crippen molar-refractivity contribution >= 4 is 6.08 Å². The van der Waals surface area contributed by atoms with E-state index in [1.807, 2.05) is 0 Å². The molecule has 0 saturated carbocycles. The van der Waals surface area contributed by atoms with Crippen LogP contribution in [-0.4, -0.2) is 0 Å². The van der Waals surface area contributed by atoms with Gasteiger partial charge in [0.1, 0.15) is 0 Å². The summed E-state index contributed by atoms with van der Waals surface area (Å²) in [6.07, 6.45) is 6.80. The van der Waals surface area contributed by atoms with Crippen LogP contribution in [0.25, 0.3) is 6.08 Å². The maximum atomic E-state index is 2.25. The number of rotatable bonds is 3. The van der Waals surface area contributed by atoms with Gasteiger partial charge in [-0.15, -0.1) is 0 Å². The Morgan fingerprint density at radius 3 is 2.33 bits per heavy atom. The van der Waals surface area contributed by atoms with Gasteiger partial charge in [0.05, 0.1) is 5.92 Å². The molecule has 89 valence electrons. The first-order chi connectivity index (χ1) is 8.90. The molecular weight excluding hydrogens is 216 g/mol. The second-order valence-electron chi connectivity index (χ2n) is 4.74. The Morgan fingerprint density at radius 2 is 1.50 bits per heavy atom. The second kappa shape index (κ2) is 4.81. The quantitative estimate of drug-likeness (QED) is 0.724. The molecule has 0 atom stereocenters. The molecule has 2 aromatic carbocycles. The van der Waals surface area contributed by atoms with E-state index >= 15 is 0 Å². The average Bonchev–Trinajstić information content (AvgIpc) is 2.84. The third-order valence-electron chi connectivity index (χ3n) is 3.51. The van der Waals surface area contributed by atoms with Crippen LogP contribution in [0.5, 0.6) is 0 Å².